The van der Waals surface area contributed by atoms with Gasteiger partial charge in [-0.05, 0) is 12.8 Å². The standard InChI is InChI=1S/C13H17ClN4O3/c1-2-3-6-18-13(21)11(14)9(7-15-18)16-8-4-5-10(19)17-12(8)20/h7-8,16H,2-6H2,1H3,(H,17,19,20). The minimum absolute atomic E-state index is 0.00537. The Balaban J connectivity index is 2.14. The Labute approximate surface area is 126 Å². The van der Waals surface area contributed by atoms with Gasteiger partial charge in [-0.2, -0.15) is 5.10 Å². The number of unbranched alkanes of at least 4 members (excludes halogenated alkanes) is 1. The molecule has 1 unspecified atom stereocenters. The zero-order valence-corrected chi connectivity index (χ0v) is 12.4. The van der Waals surface area contributed by atoms with Crippen molar-refractivity contribution in [3.05, 3.63) is 21.6 Å². The molecule has 0 radical (unpaired) electrons. The quantitative estimate of drug-likeness (QED) is 0.788. The molecule has 2 heterocycles. The fourth-order valence-corrected chi connectivity index (χ4v) is 2.25. The number of nitrogens with one attached hydrogen (secondary N) is 2. The van der Waals surface area contributed by atoms with Crippen LogP contribution in [0.25, 0.3) is 0 Å². The summed E-state index contributed by atoms with van der Waals surface area (Å²) in [5.74, 6) is -0.713. The zero-order chi connectivity index (χ0) is 15.4. The number of amides is 2. The normalized spacial score (nSPS) is 18.5. The molecule has 1 aromatic heterocycles. The number of carbonyl (C=O) groups is 2. The molecule has 7 nitrogen and oxygen atoms in total. The molecule has 1 aromatic rings. The van der Waals surface area contributed by atoms with E-state index in [1.807, 2.05) is 6.92 Å². The molecule has 21 heavy (non-hydrogen) atoms. The number of nitrogens with zero attached hydrogens (tertiary/aromatic N) is 2. The molecule has 114 valence electrons. The number of aromatic nitrogens is 2. The van der Waals surface area contributed by atoms with Gasteiger partial charge in [0, 0.05) is 13.0 Å². The molecule has 0 aromatic carbocycles. The molecule has 1 fully saturated rings. The molecule has 2 amide bonds. The molecule has 0 saturated carbocycles. The first-order valence-corrected chi connectivity index (χ1v) is 7.26. The SMILES string of the molecule is CCCCn1ncc(NC2CCC(=O)NC2=O)c(Cl)c1=O. The van der Waals surface area contributed by atoms with Gasteiger partial charge in [-0.15, -0.1) is 0 Å². The Morgan fingerprint density at radius 2 is 2.24 bits per heavy atom. The van der Waals surface area contributed by atoms with Gasteiger partial charge >= 0.3 is 0 Å². The van der Waals surface area contributed by atoms with Crippen molar-refractivity contribution < 1.29 is 9.59 Å². The Hall–Kier alpha value is -1.89. The summed E-state index contributed by atoms with van der Waals surface area (Å²) < 4.78 is 1.31. The van der Waals surface area contributed by atoms with Crippen molar-refractivity contribution in [2.45, 2.75) is 45.2 Å². The third-order valence-corrected chi connectivity index (χ3v) is 3.64. The van der Waals surface area contributed by atoms with Crippen LogP contribution in [0.5, 0.6) is 0 Å². The Morgan fingerprint density at radius 1 is 1.48 bits per heavy atom. The molecule has 2 rings (SSSR count). The second-order valence-electron chi connectivity index (χ2n) is 4.90. The number of aryl methyl sites for hydroxylation is 1. The monoisotopic (exact) mass is 312 g/mol. The van der Waals surface area contributed by atoms with E-state index in [2.05, 4.69) is 15.7 Å². The first-order chi connectivity index (χ1) is 10.0. The fraction of sp³-hybridized carbons (Fsp3) is 0.538. The van der Waals surface area contributed by atoms with Crippen LogP contribution in [0.2, 0.25) is 5.02 Å². The lowest BCUT2D eigenvalue weighted by Gasteiger charge is -2.23. The van der Waals surface area contributed by atoms with E-state index >= 15 is 0 Å². The summed E-state index contributed by atoms with van der Waals surface area (Å²) in [7, 11) is 0. The maximum atomic E-state index is 12.0. The highest BCUT2D eigenvalue weighted by Crippen LogP contribution is 2.19. The van der Waals surface area contributed by atoms with Gasteiger partial charge in [-0.25, -0.2) is 4.68 Å². The van der Waals surface area contributed by atoms with E-state index in [0.717, 1.165) is 12.8 Å². The van der Waals surface area contributed by atoms with Gasteiger partial charge in [0.15, 0.2) is 0 Å². The molecular formula is C13H17ClN4O3. The van der Waals surface area contributed by atoms with E-state index in [9.17, 15) is 14.4 Å². The van der Waals surface area contributed by atoms with Crippen LogP contribution in [-0.4, -0.2) is 27.6 Å². The highest BCUT2D eigenvalue weighted by molar-refractivity contribution is 6.33. The predicted octanol–water partition coefficient (Wildman–Crippen LogP) is 0.914. The average Bonchev–Trinajstić information content (AvgIpc) is 2.45. The van der Waals surface area contributed by atoms with Crippen molar-refractivity contribution in [2.75, 3.05) is 5.32 Å². The molecule has 1 atom stereocenters. The van der Waals surface area contributed by atoms with E-state index in [1.54, 1.807) is 0 Å². The second-order valence-corrected chi connectivity index (χ2v) is 5.28. The predicted molar refractivity (Wildman–Crippen MR) is 78.2 cm³/mol. The number of anilines is 1. The number of rotatable bonds is 5. The maximum Gasteiger partial charge on any atom is 0.287 e. The third-order valence-electron chi connectivity index (χ3n) is 3.28. The number of imide groups is 1. The molecule has 0 bridgehead atoms. The lowest BCUT2D eigenvalue weighted by molar-refractivity contribution is -0.133. The van der Waals surface area contributed by atoms with Gasteiger partial charge in [0.05, 0.1) is 11.9 Å². The maximum absolute atomic E-state index is 12.0. The largest absolute Gasteiger partial charge is 0.371 e. The van der Waals surface area contributed by atoms with Crippen LogP contribution in [0.1, 0.15) is 32.6 Å². The summed E-state index contributed by atoms with van der Waals surface area (Å²) in [5.41, 5.74) is -0.0775. The van der Waals surface area contributed by atoms with E-state index in [-0.39, 0.29) is 22.9 Å². The van der Waals surface area contributed by atoms with Crippen molar-refractivity contribution >= 4 is 29.1 Å². The van der Waals surface area contributed by atoms with Crippen LogP contribution in [0, 0.1) is 0 Å². The van der Waals surface area contributed by atoms with E-state index in [0.29, 0.717) is 18.7 Å². The summed E-state index contributed by atoms with van der Waals surface area (Å²) in [6.45, 7) is 2.53. The smallest absolute Gasteiger partial charge is 0.287 e. The minimum atomic E-state index is -0.590. The fourth-order valence-electron chi connectivity index (χ4n) is 2.05. The Bertz CT molecular complexity index is 614. The molecule has 1 aliphatic heterocycles. The second kappa shape index (κ2) is 6.71. The van der Waals surface area contributed by atoms with E-state index < -0.39 is 11.9 Å². The molecule has 1 aliphatic rings. The summed E-state index contributed by atoms with van der Waals surface area (Å²) in [6.07, 6.45) is 3.83. The molecule has 8 heteroatoms. The topological polar surface area (TPSA) is 93.1 Å². The summed E-state index contributed by atoms with van der Waals surface area (Å²) >= 11 is 6.04. The van der Waals surface area contributed by atoms with E-state index in [1.165, 1.54) is 10.9 Å². The zero-order valence-electron chi connectivity index (χ0n) is 11.7. The van der Waals surface area contributed by atoms with E-state index in [4.69, 9.17) is 11.6 Å². The minimum Gasteiger partial charge on any atom is -0.371 e. The van der Waals surface area contributed by atoms with Crippen molar-refractivity contribution in [2.24, 2.45) is 0 Å². The first kappa shape index (κ1) is 15.5. The van der Waals surface area contributed by atoms with Crippen LogP contribution in [0.4, 0.5) is 5.69 Å². The van der Waals surface area contributed by atoms with Crippen LogP contribution in [0.3, 0.4) is 0 Å². The van der Waals surface area contributed by atoms with Crippen LogP contribution < -0.4 is 16.2 Å². The van der Waals surface area contributed by atoms with Crippen LogP contribution in [0.15, 0.2) is 11.0 Å². The Morgan fingerprint density at radius 3 is 2.90 bits per heavy atom. The van der Waals surface area contributed by atoms with Gasteiger partial charge in [0.25, 0.3) is 5.56 Å². The highest BCUT2D eigenvalue weighted by atomic mass is 35.5. The Kier molecular flexibility index (Phi) is 4.95. The number of piperidine rings is 1. The molecule has 0 aliphatic carbocycles. The van der Waals surface area contributed by atoms with Crippen LogP contribution >= 0.6 is 11.6 Å². The lowest BCUT2D eigenvalue weighted by Crippen LogP contribution is -2.47. The van der Waals surface area contributed by atoms with Crippen molar-refractivity contribution in [1.82, 2.24) is 15.1 Å². The molecule has 2 N–H and O–H groups in total. The van der Waals surface area contributed by atoms with Crippen molar-refractivity contribution in [3.8, 4) is 0 Å². The number of hydrogen-bond donors (Lipinski definition) is 2. The molecule has 1 saturated heterocycles. The van der Waals surface area contributed by atoms with Gasteiger partial charge < -0.3 is 5.32 Å². The number of carbonyl (C=O) groups excluding carboxylic acids is 2. The highest BCUT2D eigenvalue weighted by Gasteiger charge is 2.27. The van der Waals surface area contributed by atoms with Crippen molar-refractivity contribution in [1.29, 1.82) is 0 Å². The first-order valence-electron chi connectivity index (χ1n) is 6.88. The van der Waals surface area contributed by atoms with Crippen molar-refractivity contribution in [3.63, 3.8) is 0 Å². The van der Waals surface area contributed by atoms with Gasteiger partial charge in [-0.3, -0.25) is 19.7 Å². The lowest BCUT2D eigenvalue weighted by atomic mass is 10.1. The molecular weight excluding hydrogens is 296 g/mol. The van der Waals surface area contributed by atoms with Gasteiger partial charge in [-0.1, -0.05) is 24.9 Å². The van der Waals surface area contributed by atoms with Crippen LogP contribution in [-0.2, 0) is 16.1 Å². The summed E-state index contributed by atoms with van der Waals surface area (Å²) in [6, 6.07) is -0.590. The third kappa shape index (κ3) is 3.60. The molecule has 0 spiro atoms. The van der Waals surface area contributed by atoms with Gasteiger partial charge in [0.2, 0.25) is 11.8 Å². The summed E-state index contributed by atoms with van der Waals surface area (Å²) in [5, 5.41) is 9.15. The number of hydrogen-bond acceptors (Lipinski definition) is 5. The van der Waals surface area contributed by atoms with Gasteiger partial charge in [0.1, 0.15) is 11.1 Å². The number of halogens is 1. The average molecular weight is 313 g/mol. The summed E-state index contributed by atoms with van der Waals surface area (Å²) in [4.78, 5) is 34.8.